The van der Waals surface area contributed by atoms with Gasteiger partial charge in [0.1, 0.15) is 22.8 Å². The van der Waals surface area contributed by atoms with Crippen LogP contribution in [0.15, 0.2) is 58.6 Å². The van der Waals surface area contributed by atoms with E-state index in [0.29, 0.717) is 65.6 Å². The fraction of sp³-hybridized carbons (Fsp3) is 0.349. The second kappa shape index (κ2) is 15.8. The van der Waals surface area contributed by atoms with Crippen LogP contribution in [0.3, 0.4) is 0 Å². The number of rotatable bonds is 12. The summed E-state index contributed by atoms with van der Waals surface area (Å²) in [5.41, 5.74) is 9.78. The summed E-state index contributed by atoms with van der Waals surface area (Å²) in [5.74, 6) is -0.463. The number of aromatic nitrogens is 3. The van der Waals surface area contributed by atoms with Gasteiger partial charge in [0.05, 0.1) is 51.7 Å². The van der Waals surface area contributed by atoms with Gasteiger partial charge in [-0.1, -0.05) is 11.6 Å². The summed E-state index contributed by atoms with van der Waals surface area (Å²) in [5, 5.41) is 9.69. The number of methoxy groups -OCH3 is 4. The number of aliphatic imine (C=N–C) groups is 1. The zero-order valence-electron chi connectivity index (χ0n) is 34.1. The van der Waals surface area contributed by atoms with Crippen molar-refractivity contribution in [3.8, 4) is 23.0 Å². The maximum atomic E-state index is 16.1. The zero-order chi connectivity index (χ0) is 42.6. The van der Waals surface area contributed by atoms with Crippen molar-refractivity contribution in [2.24, 2.45) is 4.99 Å². The lowest BCUT2D eigenvalue weighted by atomic mass is 10.1. The lowest BCUT2D eigenvalue weighted by Crippen LogP contribution is -2.55. The Hall–Kier alpha value is -6.75. The van der Waals surface area contributed by atoms with Crippen LogP contribution >= 0.6 is 0 Å². The average molecular weight is 821 g/mol. The first-order valence-corrected chi connectivity index (χ1v) is 19.4. The van der Waals surface area contributed by atoms with Crippen LogP contribution in [0.5, 0.6) is 23.0 Å². The number of benzene rings is 3. The van der Waals surface area contributed by atoms with E-state index in [1.807, 2.05) is 49.1 Å². The molecule has 16 nitrogen and oxygen atoms in total. The fourth-order valence-electron chi connectivity index (χ4n) is 8.15. The van der Waals surface area contributed by atoms with Crippen LogP contribution in [-0.4, -0.2) is 103 Å². The highest BCUT2D eigenvalue weighted by molar-refractivity contribution is 6.54. The number of carbonyl (C=O) groups excluding carboxylic acids is 1. The third-order valence-electron chi connectivity index (χ3n) is 11.3. The topological polar surface area (TPSA) is 187 Å². The zero-order valence-corrected chi connectivity index (χ0v) is 34.1. The second-order valence-corrected chi connectivity index (χ2v) is 15.2. The molecule has 1 atom stereocenters. The average Bonchev–Trinajstić information content (AvgIpc) is 4.05. The molecule has 0 bridgehead atoms. The Morgan fingerprint density at radius 2 is 1.72 bits per heavy atom. The molecular formula is C43H45FN8O8. The number of amides is 1. The number of aromatic carboxylic acids is 1. The quantitative estimate of drug-likeness (QED) is 0.169. The van der Waals surface area contributed by atoms with E-state index in [1.165, 1.54) is 20.4 Å². The Balaban J connectivity index is 1.04. The van der Waals surface area contributed by atoms with E-state index in [0.717, 1.165) is 30.0 Å². The summed E-state index contributed by atoms with van der Waals surface area (Å²) in [4.78, 5) is 58.7. The smallest absolute Gasteiger partial charge is 0.341 e. The van der Waals surface area contributed by atoms with Gasteiger partial charge in [-0.2, -0.15) is 4.98 Å². The highest BCUT2D eigenvalue weighted by atomic mass is 19.1. The van der Waals surface area contributed by atoms with Gasteiger partial charge < -0.3 is 39.3 Å². The largest absolute Gasteiger partial charge is 0.493 e. The van der Waals surface area contributed by atoms with E-state index in [9.17, 15) is 19.5 Å². The van der Waals surface area contributed by atoms with Crippen molar-refractivity contribution in [3.63, 3.8) is 0 Å². The molecule has 2 aromatic heterocycles. The monoisotopic (exact) mass is 820 g/mol. The number of carbonyl (C=O) groups is 2. The molecule has 4 heterocycles. The van der Waals surface area contributed by atoms with E-state index in [-0.39, 0.29) is 59.0 Å². The van der Waals surface area contributed by atoms with Gasteiger partial charge >= 0.3 is 5.97 Å². The highest BCUT2D eigenvalue weighted by Crippen LogP contribution is 2.44. The number of anilines is 3. The second-order valence-electron chi connectivity index (χ2n) is 15.2. The van der Waals surface area contributed by atoms with Crippen LogP contribution in [0.2, 0.25) is 0 Å². The number of nitrogens with two attached hydrogens (primary N) is 1. The van der Waals surface area contributed by atoms with Gasteiger partial charge in [0, 0.05) is 61.7 Å². The highest BCUT2D eigenvalue weighted by Gasteiger charge is 2.38. The van der Waals surface area contributed by atoms with Gasteiger partial charge in [-0.05, 0) is 62.6 Å². The van der Waals surface area contributed by atoms with Gasteiger partial charge in [-0.3, -0.25) is 19.4 Å². The van der Waals surface area contributed by atoms with E-state index < -0.39 is 22.8 Å². The number of ether oxygens (including phenoxy) is 4. The molecule has 60 heavy (non-hydrogen) atoms. The van der Waals surface area contributed by atoms with Crippen LogP contribution in [0.25, 0.3) is 10.9 Å². The van der Waals surface area contributed by atoms with Crippen molar-refractivity contribution in [3.05, 3.63) is 92.6 Å². The van der Waals surface area contributed by atoms with E-state index >= 15 is 4.39 Å². The number of fused-ring (bicyclic) bond motifs is 2. The third kappa shape index (κ3) is 7.07. The molecular weight excluding hydrogens is 776 g/mol. The number of halogens is 1. The lowest BCUT2D eigenvalue weighted by Gasteiger charge is -2.42. The minimum Gasteiger partial charge on any atom is -0.493 e. The van der Waals surface area contributed by atoms with Gasteiger partial charge in [0.2, 0.25) is 11.2 Å². The lowest BCUT2D eigenvalue weighted by molar-refractivity contribution is -0.112. The minimum absolute atomic E-state index is 0.0178. The number of carboxylic acids is 1. The Morgan fingerprint density at radius 1 is 1.00 bits per heavy atom. The molecule has 1 saturated carbocycles. The van der Waals surface area contributed by atoms with E-state index in [4.69, 9.17) is 24.7 Å². The first-order valence-electron chi connectivity index (χ1n) is 19.4. The molecule has 312 valence electrons. The number of aryl methyl sites for hydroxylation is 1. The number of hydrogen-bond acceptors (Lipinski definition) is 13. The number of hydrogen-bond donors (Lipinski definition) is 2. The van der Waals surface area contributed by atoms with Crippen LogP contribution in [0, 0.1) is 12.7 Å². The van der Waals surface area contributed by atoms with E-state index in [2.05, 4.69) is 19.9 Å². The molecule has 1 unspecified atom stereocenters. The number of nitrogen functional groups attached to an aromatic ring is 1. The normalized spacial score (nSPS) is 17.4. The Morgan fingerprint density at radius 3 is 2.33 bits per heavy atom. The van der Waals surface area contributed by atoms with Gasteiger partial charge in [0.25, 0.3) is 11.9 Å². The van der Waals surface area contributed by atoms with Crippen LogP contribution in [0.1, 0.15) is 58.4 Å². The van der Waals surface area contributed by atoms with Crippen molar-refractivity contribution in [2.45, 2.75) is 45.2 Å². The number of piperazine rings is 1. The van der Waals surface area contributed by atoms with Crippen molar-refractivity contribution >= 4 is 51.6 Å². The first-order chi connectivity index (χ1) is 28.8. The SMILES string of the molecule is COc1cc(Cc2cnc(/N=C3/C(=O)N(CN4CCN(c5c(F)cc6c(=O)c(C(=O)O)cn(C7CC7)c6c5OC)CC4C)c4ccc(C)cc43)nc2N)cc(OC)c1OC. The van der Waals surface area contributed by atoms with Gasteiger partial charge in [-0.25, -0.2) is 19.2 Å². The summed E-state index contributed by atoms with van der Waals surface area (Å²) in [6, 6.07) is 10.3. The number of pyridine rings is 1. The molecule has 0 spiro atoms. The van der Waals surface area contributed by atoms with Crippen molar-refractivity contribution < 1.29 is 38.0 Å². The Kier molecular flexibility index (Phi) is 10.5. The van der Waals surface area contributed by atoms with Gasteiger partial charge in [0.15, 0.2) is 23.1 Å². The molecule has 1 amide bonds. The summed E-state index contributed by atoms with van der Waals surface area (Å²) in [6.45, 7) is 5.38. The predicted molar refractivity (Wildman–Crippen MR) is 223 cm³/mol. The maximum Gasteiger partial charge on any atom is 0.341 e. The molecule has 1 aliphatic carbocycles. The standard InChI is InChI=1S/C43H45FN8O8/c1-22-7-10-31-27(13-22)34(47-43-46-18-25(40(45)48-43)14-24-15-32(57-3)38(59-5)33(16-24)58-4)41(54)52(31)21-50-12-11-49(19-23(50)2)36-30(44)17-28-35(39(36)60-6)51(26-8-9-26)20-29(37(28)53)42(55)56/h7,10,13,15-18,20,23,26H,8-9,11-12,14,19,21H2,1-6H3,(H,55,56)(H2,45,46,48)/b47-34+. The van der Waals surface area contributed by atoms with Crippen molar-refractivity contribution in [1.29, 1.82) is 0 Å². The van der Waals surface area contributed by atoms with Crippen molar-refractivity contribution in [1.82, 2.24) is 19.4 Å². The maximum absolute atomic E-state index is 16.1. The molecule has 3 N–H and O–H groups in total. The molecule has 8 rings (SSSR count). The molecule has 17 heteroatoms. The first kappa shape index (κ1) is 40.0. The molecule has 1 saturated heterocycles. The Bertz CT molecular complexity index is 2640. The third-order valence-corrected chi connectivity index (χ3v) is 11.3. The predicted octanol–water partition coefficient (Wildman–Crippen LogP) is 5.12. The van der Waals surface area contributed by atoms with E-state index in [1.54, 1.807) is 29.9 Å². The molecule has 3 aliphatic rings. The molecule has 5 aromatic rings. The minimum atomic E-state index is -1.37. The Labute approximate surface area is 344 Å². The van der Waals surface area contributed by atoms with Gasteiger partial charge in [-0.15, -0.1) is 0 Å². The molecule has 2 aliphatic heterocycles. The van der Waals surface area contributed by atoms with Crippen LogP contribution < -0.4 is 39.9 Å². The fourth-order valence-corrected chi connectivity index (χ4v) is 8.15. The summed E-state index contributed by atoms with van der Waals surface area (Å²) >= 11 is 0. The number of carboxylic acid groups (broad SMARTS) is 1. The number of nitrogens with zero attached hydrogens (tertiary/aromatic N) is 7. The summed E-state index contributed by atoms with van der Waals surface area (Å²) in [6.07, 6.45) is 4.91. The van der Waals surface area contributed by atoms with Crippen molar-refractivity contribution in [2.75, 3.05) is 70.3 Å². The summed E-state index contributed by atoms with van der Waals surface area (Å²) < 4.78 is 40.1. The molecule has 3 aromatic carbocycles. The van der Waals surface area contributed by atoms with Crippen LogP contribution in [0.4, 0.5) is 27.5 Å². The molecule has 2 fully saturated rings. The van der Waals surface area contributed by atoms with Crippen LogP contribution in [-0.2, 0) is 11.2 Å². The summed E-state index contributed by atoms with van der Waals surface area (Å²) in [7, 11) is 6.05. The molecule has 0 radical (unpaired) electrons.